The van der Waals surface area contributed by atoms with E-state index in [2.05, 4.69) is 20.1 Å². The minimum Gasteiger partial charge on any atom is -0.447 e. The van der Waals surface area contributed by atoms with Gasteiger partial charge in [-0.25, -0.2) is 23.5 Å². The standard InChI is InChI=1S/C25H29F2N7O4.C7H8O3S/c1-13(2)36-25(35)34-9-17(10-34)37-14(3)23-31-22(32-38-23)15-7-29-24(30-8-15)33-11-19(21(28)12-33)18-6-16(26)4-5-20(18)27;1-6-2-4-7(5-3-6)11(8,9)10/h4-8,13-14,17,19,21H,9-12,28H2,1-3H3;2-5H,1H3,(H,8,9,10)/t14-,19-,21+;/m1./s1. The Balaban J connectivity index is 0.000000363. The molecule has 2 saturated heterocycles. The summed E-state index contributed by atoms with van der Waals surface area (Å²) in [6, 6.07) is 8.97. The lowest BCUT2D eigenvalue weighted by molar-refractivity contribution is -0.0916. The summed E-state index contributed by atoms with van der Waals surface area (Å²) in [7, 11) is -4.02. The average Bonchev–Trinajstić information content (AvgIpc) is 3.67. The molecule has 6 rings (SSSR count). The van der Waals surface area contributed by atoms with Gasteiger partial charge in [-0.05, 0) is 63.6 Å². The van der Waals surface area contributed by atoms with Crippen molar-refractivity contribution in [3.63, 3.8) is 0 Å². The van der Waals surface area contributed by atoms with Gasteiger partial charge >= 0.3 is 6.09 Å². The molecule has 2 aromatic carbocycles. The van der Waals surface area contributed by atoms with Gasteiger partial charge in [0.15, 0.2) is 0 Å². The Labute approximate surface area is 282 Å². The van der Waals surface area contributed by atoms with Gasteiger partial charge in [0.1, 0.15) is 17.7 Å². The molecular weight excluding hydrogens is 664 g/mol. The number of nitrogens with two attached hydrogens (primary N) is 1. The average molecular weight is 702 g/mol. The van der Waals surface area contributed by atoms with Crippen molar-refractivity contribution in [3.8, 4) is 11.4 Å². The lowest BCUT2D eigenvalue weighted by Crippen LogP contribution is -2.55. The number of aryl methyl sites for hydroxylation is 1. The van der Waals surface area contributed by atoms with Crippen molar-refractivity contribution in [2.45, 2.75) is 62.9 Å². The summed E-state index contributed by atoms with van der Waals surface area (Å²) in [6.45, 7) is 8.85. The lowest BCUT2D eigenvalue weighted by atomic mass is 9.94. The van der Waals surface area contributed by atoms with Crippen LogP contribution in [0.3, 0.4) is 0 Å². The Hall–Kier alpha value is -4.58. The molecule has 14 nitrogen and oxygen atoms in total. The number of rotatable bonds is 8. The number of ether oxygens (including phenoxy) is 2. The summed E-state index contributed by atoms with van der Waals surface area (Å²) in [5.74, 6) is -0.381. The molecule has 0 spiro atoms. The molecule has 2 aliphatic rings. The molecule has 0 aliphatic carbocycles. The van der Waals surface area contributed by atoms with Crippen LogP contribution in [-0.2, 0) is 19.6 Å². The number of nitrogens with zero attached hydrogens (tertiary/aromatic N) is 6. The highest BCUT2D eigenvalue weighted by Crippen LogP contribution is 2.31. The van der Waals surface area contributed by atoms with E-state index in [1.54, 1.807) is 50.2 Å². The van der Waals surface area contributed by atoms with Gasteiger partial charge < -0.3 is 29.5 Å². The zero-order chi connectivity index (χ0) is 35.5. The van der Waals surface area contributed by atoms with Crippen molar-refractivity contribution in [1.29, 1.82) is 0 Å². The van der Waals surface area contributed by atoms with E-state index in [1.165, 1.54) is 18.2 Å². The van der Waals surface area contributed by atoms with Crippen LogP contribution in [0.2, 0.25) is 0 Å². The molecule has 2 aliphatic heterocycles. The van der Waals surface area contributed by atoms with Crippen molar-refractivity contribution >= 4 is 22.2 Å². The predicted octanol–water partition coefficient (Wildman–Crippen LogP) is 4.28. The maximum Gasteiger partial charge on any atom is 0.410 e. The van der Waals surface area contributed by atoms with Gasteiger partial charge in [0.05, 0.1) is 35.8 Å². The second kappa shape index (κ2) is 14.9. The number of hydrogen-bond donors (Lipinski definition) is 2. The fourth-order valence-corrected chi connectivity index (χ4v) is 5.72. The van der Waals surface area contributed by atoms with Crippen LogP contribution in [0.1, 0.15) is 49.8 Å². The number of benzene rings is 2. The Morgan fingerprint density at radius 3 is 2.35 bits per heavy atom. The Kier molecular flexibility index (Phi) is 10.9. The van der Waals surface area contributed by atoms with E-state index in [4.69, 9.17) is 24.3 Å². The summed E-state index contributed by atoms with van der Waals surface area (Å²) in [6.07, 6.45) is 1.97. The second-order valence-corrected chi connectivity index (χ2v) is 13.5. The largest absolute Gasteiger partial charge is 0.447 e. The molecule has 262 valence electrons. The van der Waals surface area contributed by atoms with Gasteiger partial charge in [0.25, 0.3) is 16.0 Å². The first kappa shape index (κ1) is 35.7. The van der Waals surface area contributed by atoms with Crippen molar-refractivity contribution in [2.24, 2.45) is 5.73 Å². The van der Waals surface area contributed by atoms with Gasteiger partial charge in [-0.15, -0.1) is 0 Å². The van der Waals surface area contributed by atoms with E-state index in [9.17, 15) is 22.0 Å². The van der Waals surface area contributed by atoms with Crippen LogP contribution in [0.15, 0.2) is 64.3 Å². The lowest BCUT2D eigenvalue weighted by Gasteiger charge is -2.39. The van der Waals surface area contributed by atoms with Crippen LogP contribution < -0.4 is 10.6 Å². The zero-order valence-corrected chi connectivity index (χ0v) is 28.0. The summed E-state index contributed by atoms with van der Waals surface area (Å²) < 4.78 is 74.0. The maximum atomic E-state index is 14.3. The third kappa shape index (κ3) is 8.91. The van der Waals surface area contributed by atoms with Crippen LogP contribution in [0.4, 0.5) is 19.5 Å². The predicted molar refractivity (Wildman–Crippen MR) is 172 cm³/mol. The SMILES string of the molecule is CC(C)OC(=O)N1CC(O[C@H](C)c2nc(-c3cnc(N4C[C@H](c5cc(F)ccc5F)[C@@H](N)C4)nc3)no2)C1.Cc1ccc(S(=O)(=O)O)cc1. The molecule has 2 fully saturated rings. The second-order valence-electron chi connectivity index (χ2n) is 12.1. The number of aromatic nitrogens is 4. The van der Waals surface area contributed by atoms with E-state index >= 15 is 0 Å². The minimum absolute atomic E-state index is 0.0666. The first-order valence-corrected chi connectivity index (χ1v) is 16.9. The smallest absolute Gasteiger partial charge is 0.410 e. The van der Waals surface area contributed by atoms with Gasteiger partial charge in [0.2, 0.25) is 11.8 Å². The number of halogens is 2. The van der Waals surface area contributed by atoms with Gasteiger partial charge in [-0.2, -0.15) is 13.4 Å². The van der Waals surface area contributed by atoms with Crippen LogP contribution in [-0.4, -0.2) is 88.5 Å². The van der Waals surface area contributed by atoms with E-state index in [0.717, 1.165) is 17.7 Å². The molecule has 4 heterocycles. The molecule has 17 heteroatoms. The van der Waals surface area contributed by atoms with Crippen molar-refractivity contribution in [1.82, 2.24) is 25.0 Å². The monoisotopic (exact) mass is 701 g/mol. The van der Waals surface area contributed by atoms with E-state index in [-0.39, 0.29) is 40.6 Å². The molecule has 0 radical (unpaired) electrons. The third-order valence-corrected chi connectivity index (χ3v) is 8.72. The fraction of sp³-hybridized carbons (Fsp3) is 0.406. The summed E-state index contributed by atoms with van der Waals surface area (Å²) in [4.78, 5) is 28.4. The zero-order valence-electron chi connectivity index (χ0n) is 27.2. The molecule has 2 aromatic heterocycles. The van der Waals surface area contributed by atoms with E-state index in [1.807, 2.05) is 11.8 Å². The molecule has 1 amide bonds. The van der Waals surface area contributed by atoms with Crippen LogP contribution in [0, 0.1) is 18.6 Å². The van der Waals surface area contributed by atoms with Gasteiger partial charge in [-0.3, -0.25) is 4.55 Å². The number of carbonyl (C=O) groups is 1. The molecular formula is C32H37F2N7O7S. The third-order valence-electron chi connectivity index (χ3n) is 7.85. The highest BCUT2D eigenvalue weighted by Gasteiger charge is 2.36. The quantitative estimate of drug-likeness (QED) is 0.248. The highest BCUT2D eigenvalue weighted by atomic mass is 32.2. The fourth-order valence-electron chi connectivity index (χ4n) is 5.24. The van der Waals surface area contributed by atoms with E-state index < -0.39 is 33.9 Å². The normalized spacial score (nSPS) is 18.6. The first-order chi connectivity index (χ1) is 23.2. The molecule has 0 bridgehead atoms. The van der Waals surface area contributed by atoms with Crippen molar-refractivity contribution < 1.29 is 40.5 Å². The summed E-state index contributed by atoms with van der Waals surface area (Å²) >= 11 is 0. The van der Waals surface area contributed by atoms with Gasteiger partial charge in [0, 0.05) is 37.4 Å². The molecule has 3 atom stereocenters. The molecule has 0 saturated carbocycles. The molecule has 49 heavy (non-hydrogen) atoms. The topological polar surface area (TPSA) is 187 Å². The Bertz CT molecular complexity index is 1850. The molecule has 0 unspecified atom stereocenters. The van der Waals surface area contributed by atoms with Crippen molar-refractivity contribution in [3.05, 3.63) is 83.5 Å². The Morgan fingerprint density at radius 2 is 1.71 bits per heavy atom. The number of anilines is 1. The highest BCUT2D eigenvalue weighted by molar-refractivity contribution is 7.85. The van der Waals surface area contributed by atoms with Crippen LogP contribution in [0.25, 0.3) is 11.4 Å². The number of likely N-dealkylation sites (tertiary alicyclic amines) is 1. The number of hydrogen-bond acceptors (Lipinski definition) is 12. The van der Waals surface area contributed by atoms with Crippen molar-refractivity contribution in [2.75, 3.05) is 31.1 Å². The van der Waals surface area contributed by atoms with Gasteiger partial charge in [-0.1, -0.05) is 22.9 Å². The molecule has 4 aromatic rings. The maximum absolute atomic E-state index is 14.3. The van der Waals surface area contributed by atoms with Crippen LogP contribution >= 0.6 is 0 Å². The molecule has 3 N–H and O–H groups in total. The summed E-state index contributed by atoms with van der Waals surface area (Å²) in [5.41, 5.74) is 7.99. The number of amides is 1. The minimum atomic E-state index is -4.02. The first-order valence-electron chi connectivity index (χ1n) is 15.4. The van der Waals surface area contributed by atoms with Crippen LogP contribution in [0.5, 0.6) is 0 Å². The summed E-state index contributed by atoms with van der Waals surface area (Å²) in [5, 5.41) is 4.00. The van der Waals surface area contributed by atoms with E-state index in [0.29, 0.717) is 43.5 Å². The Morgan fingerprint density at radius 1 is 1.04 bits per heavy atom. The number of carbonyl (C=O) groups excluding carboxylic acids is 1.